The van der Waals surface area contributed by atoms with Gasteiger partial charge in [-0.25, -0.2) is 8.91 Å². The van der Waals surface area contributed by atoms with Crippen LogP contribution >= 0.6 is 0 Å². The van der Waals surface area contributed by atoms with Crippen LogP contribution in [0, 0.1) is 12.7 Å². The molecule has 4 aromatic rings. The number of nitrogens with zero attached hydrogens (tertiary/aromatic N) is 3. The zero-order valence-corrected chi connectivity index (χ0v) is 19.7. The van der Waals surface area contributed by atoms with Gasteiger partial charge < -0.3 is 15.0 Å². The van der Waals surface area contributed by atoms with Crippen LogP contribution < -0.4 is 10.1 Å². The molecule has 7 nitrogen and oxygen atoms in total. The lowest BCUT2D eigenvalue weighted by atomic mass is 10.0. The molecule has 0 saturated carbocycles. The van der Waals surface area contributed by atoms with Gasteiger partial charge in [-0.3, -0.25) is 9.59 Å². The molecule has 1 N–H and O–H groups in total. The highest BCUT2D eigenvalue weighted by molar-refractivity contribution is 6.07. The highest BCUT2D eigenvalue weighted by atomic mass is 19.1. The first-order valence-corrected chi connectivity index (χ1v) is 11.3. The summed E-state index contributed by atoms with van der Waals surface area (Å²) in [6, 6.07) is 9.71. The average molecular weight is 463 g/mol. The zero-order chi connectivity index (χ0) is 24.4. The molecule has 0 aliphatic rings. The molecule has 0 aliphatic carbocycles. The predicted octanol–water partition coefficient (Wildman–Crippen LogP) is 4.96. The number of hydrogen-bond donors (Lipinski definition) is 1. The molecule has 0 bridgehead atoms. The van der Waals surface area contributed by atoms with Gasteiger partial charge in [0.15, 0.2) is 17.3 Å². The molecular weight excluding hydrogens is 435 g/mol. The fourth-order valence-electron chi connectivity index (χ4n) is 4.20. The second kappa shape index (κ2) is 9.51. The van der Waals surface area contributed by atoms with Crippen LogP contribution in [0.1, 0.15) is 46.5 Å². The van der Waals surface area contributed by atoms with E-state index in [9.17, 15) is 9.59 Å². The Hall–Kier alpha value is -3.94. The Morgan fingerprint density at radius 2 is 1.88 bits per heavy atom. The van der Waals surface area contributed by atoms with Crippen molar-refractivity contribution in [1.29, 1.82) is 0 Å². The number of aryl methyl sites for hydroxylation is 1. The third-order valence-electron chi connectivity index (χ3n) is 5.93. The molecule has 2 heterocycles. The van der Waals surface area contributed by atoms with Crippen molar-refractivity contribution in [2.24, 2.45) is 0 Å². The minimum atomic E-state index is -0.571. The van der Waals surface area contributed by atoms with Gasteiger partial charge in [0.1, 0.15) is 5.52 Å². The van der Waals surface area contributed by atoms with Crippen LogP contribution in [0.2, 0.25) is 0 Å². The van der Waals surface area contributed by atoms with E-state index in [-0.39, 0.29) is 23.0 Å². The first kappa shape index (κ1) is 23.2. The number of rotatable bonds is 7. The fourth-order valence-corrected chi connectivity index (χ4v) is 4.20. The molecule has 2 aromatic carbocycles. The van der Waals surface area contributed by atoms with Crippen LogP contribution in [0.3, 0.4) is 0 Å². The first-order chi connectivity index (χ1) is 16.4. The molecule has 0 unspecified atom stereocenters. The maximum Gasteiger partial charge on any atom is 0.255 e. The quantitative estimate of drug-likeness (QED) is 0.421. The monoisotopic (exact) mass is 462 g/mol. The number of benzene rings is 2. The van der Waals surface area contributed by atoms with E-state index < -0.39 is 5.82 Å². The number of nitrogens with one attached hydrogen (secondary N) is 1. The summed E-state index contributed by atoms with van der Waals surface area (Å²) in [5.74, 6) is -0.537. The van der Waals surface area contributed by atoms with E-state index in [1.807, 2.05) is 20.8 Å². The smallest absolute Gasteiger partial charge is 0.255 e. The summed E-state index contributed by atoms with van der Waals surface area (Å²) in [6.45, 7) is 7.09. The number of amides is 2. The summed E-state index contributed by atoms with van der Waals surface area (Å²) in [7, 11) is 1.53. The van der Waals surface area contributed by atoms with E-state index in [0.717, 1.165) is 6.42 Å². The van der Waals surface area contributed by atoms with Gasteiger partial charge in [0.05, 0.1) is 11.8 Å². The summed E-state index contributed by atoms with van der Waals surface area (Å²) in [5, 5.41) is 7.67. The summed E-state index contributed by atoms with van der Waals surface area (Å²) in [6.07, 6.45) is 4.09. The average Bonchev–Trinajstić information content (AvgIpc) is 3.20. The van der Waals surface area contributed by atoms with Crippen LogP contribution in [-0.2, 0) is 0 Å². The molecule has 0 saturated heterocycles. The molecule has 34 heavy (non-hydrogen) atoms. The van der Waals surface area contributed by atoms with E-state index in [0.29, 0.717) is 46.4 Å². The van der Waals surface area contributed by atoms with Gasteiger partial charge in [0.25, 0.3) is 11.8 Å². The molecule has 0 spiro atoms. The summed E-state index contributed by atoms with van der Waals surface area (Å²) in [5.41, 5.74) is 2.23. The molecule has 176 valence electrons. The largest absolute Gasteiger partial charge is 0.452 e. The number of fused-ring (bicyclic) bond motifs is 2. The van der Waals surface area contributed by atoms with Gasteiger partial charge in [0.2, 0.25) is 0 Å². The SMILES string of the molecule is CCCN(CC)C(=O)c1cn2nccc(Oc3ccc4c(C(=O)NC)cccc4c3F)c2c1C. The number of aromatic nitrogens is 2. The second-order valence-corrected chi connectivity index (χ2v) is 8.00. The van der Waals surface area contributed by atoms with Gasteiger partial charge in [-0.1, -0.05) is 19.1 Å². The Labute approximate surface area is 197 Å². The minimum Gasteiger partial charge on any atom is -0.452 e. The molecule has 4 rings (SSSR count). The van der Waals surface area contributed by atoms with E-state index in [4.69, 9.17) is 4.74 Å². The lowest BCUT2D eigenvalue weighted by Gasteiger charge is -2.19. The summed E-state index contributed by atoms with van der Waals surface area (Å²) >= 11 is 0. The van der Waals surface area contributed by atoms with Crippen molar-refractivity contribution in [1.82, 2.24) is 19.8 Å². The van der Waals surface area contributed by atoms with Crippen molar-refractivity contribution in [3.63, 3.8) is 0 Å². The molecule has 2 aromatic heterocycles. The Balaban J connectivity index is 1.77. The van der Waals surface area contributed by atoms with Crippen molar-refractivity contribution in [3.8, 4) is 11.5 Å². The van der Waals surface area contributed by atoms with Crippen LogP contribution in [0.5, 0.6) is 11.5 Å². The predicted molar refractivity (Wildman–Crippen MR) is 129 cm³/mol. The molecule has 8 heteroatoms. The van der Waals surface area contributed by atoms with Crippen LogP contribution in [0.4, 0.5) is 4.39 Å². The van der Waals surface area contributed by atoms with Gasteiger partial charge in [-0.15, -0.1) is 0 Å². The van der Waals surface area contributed by atoms with Gasteiger partial charge in [-0.05, 0) is 49.4 Å². The molecule has 0 fully saturated rings. The first-order valence-electron chi connectivity index (χ1n) is 11.3. The van der Waals surface area contributed by atoms with Crippen molar-refractivity contribution in [2.75, 3.05) is 20.1 Å². The molecule has 0 radical (unpaired) electrons. The highest BCUT2D eigenvalue weighted by Crippen LogP contribution is 2.35. The number of hydrogen-bond acceptors (Lipinski definition) is 4. The van der Waals surface area contributed by atoms with Gasteiger partial charge in [-0.2, -0.15) is 5.10 Å². The van der Waals surface area contributed by atoms with Crippen molar-refractivity contribution in [2.45, 2.75) is 27.2 Å². The summed E-state index contributed by atoms with van der Waals surface area (Å²) in [4.78, 5) is 27.0. The Kier molecular flexibility index (Phi) is 6.49. The van der Waals surface area contributed by atoms with Crippen LogP contribution in [-0.4, -0.2) is 46.5 Å². The Morgan fingerprint density at radius 1 is 1.09 bits per heavy atom. The lowest BCUT2D eigenvalue weighted by Crippen LogP contribution is -2.31. The van der Waals surface area contributed by atoms with Gasteiger partial charge in [0, 0.05) is 43.4 Å². The lowest BCUT2D eigenvalue weighted by molar-refractivity contribution is 0.0763. The molecule has 2 amide bonds. The fraction of sp³-hybridized carbons (Fsp3) is 0.269. The minimum absolute atomic E-state index is 0.0179. The molecule has 0 atom stereocenters. The van der Waals surface area contributed by atoms with Crippen molar-refractivity contribution < 1.29 is 18.7 Å². The topological polar surface area (TPSA) is 75.9 Å². The standard InChI is InChI=1S/C26H27FN4O3/c1-5-14-30(6-2)26(33)20-15-31-24(16(20)3)22(12-13-29-31)34-21-11-10-17-18(23(21)27)8-7-9-19(17)25(32)28-4/h7-13,15H,5-6,14H2,1-4H3,(H,28,32). The second-order valence-electron chi connectivity index (χ2n) is 8.00. The number of carbonyl (C=O) groups excluding carboxylic acids is 2. The maximum atomic E-state index is 15.4. The number of carbonyl (C=O) groups is 2. The Bertz CT molecular complexity index is 1400. The van der Waals surface area contributed by atoms with Crippen LogP contribution in [0.15, 0.2) is 48.8 Å². The molecular formula is C26H27FN4O3. The third kappa shape index (κ3) is 3.96. The van der Waals surface area contributed by atoms with Crippen molar-refractivity contribution in [3.05, 3.63) is 71.3 Å². The van der Waals surface area contributed by atoms with Crippen molar-refractivity contribution >= 4 is 28.1 Å². The maximum absolute atomic E-state index is 15.4. The van der Waals surface area contributed by atoms with E-state index in [1.54, 1.807) is 52.1 Å². The van der Waals surface area contributed by atoms with E-state index >= 15 is 4.39 Å². The summed E-state index contributed by atoms with van der Waals surface area (Å²) < 4.78 is 23.0. The zero-order valence-electron chi connectivity index (χ0n) is 19.7. The van der Waals surface area contributed by atoms with E-state index in [1.165, 1.54) is 13.1 Å². The van der Waals surface area contributed by atoms with Gasteiger partial charge >= 0.3 is 0 Å². The van der Waals surface area contributed by atoms with Crippen LogP contribution in [0.25, 0.3) is 16.3 Å². The van der Waals surface area contributed by atoms with E-state index in [2.05, 4.69) is 10.4 Å². The third-order valence-corrected chi connectivity index (χ3v) is 5.93. The number of ether oxygens (including phenoxy) is 1. The highest BCUT2D eigenvalue weighted by Gasteiger charge is 2.22. The Morgan fingerprint density at radius 3 is 2.59 bits per heavy atom. The normalized spacial score (nSPS) is 11.1. The number of halogens is 1. The molecule has 0 aliphatic heterocycles.